The molecule has 0 unspecified atom stereocenters. The maximum Gasteiger partial charge on any atom is 0.414 e. The first-order valence-electron chi connectivity index (χ1n) is 13.0. The number of β-amino-alcohol motifs (C(OH)–C–C–N with tert-alkyl or cyclic N) is 1. The van der Waals surface area contributed by atoms with Crippen LogP contribution in [0.15, 0.2) is 30.5 Å². The molecule has 1 aromatic carbocycles. The first kappa shape index (κ1) is 30.9. The molecule has 1 aromatic heterocycles. The molecule has 2 aromatic rings. The van der Waals surface area contributed by atoms with Crippen LogP contribution in [0.1, 0.15) is 57.1 Å². The van der Waals surface area contributed by atoms with Gasteiger partial charge in [-0.3, -0.25) is 14.7 Å². The Morgan fingerprint density at radius 1 is 1.16 bits per heavy atom. The minimum absolute atomic E-state index is 0.109. The van der Waals surface area contributed by atoms with E-state index in [1.54, 1.807) is 13.3 Å². The molecule has 0 spiro atoms. The fraction of sp³-hybridized carbons (Fsp3) is 0.556. The summed E-state index contributed by atoms with van der Waals surface area (Å²) in [7, 11) is 1.63. The summed E-state index contributed by atoms with van der Waals surface area (Å²) in [5, 5.41) is 30.2. The number of methoxy groups -OCH3 is 1. The molecule has 0 aliphatic carbocycles. The molecule has 0 saturated carbocycles. The summed E-state index contributed by atoms with van der Waals surface area (Å²) in [6.07, 6.45) is 8.01. The molecule has 1 aliphatic rings. The largest absolute Gasteiger partial charge is 0.497 e. The Kier molecular flexibility index (Phi) is 12.9. The van der Waals surface area contributed by atoms with Gasteiger partial charge in [0.15, 0.2) is 0 Å². The van der Waals surface area contributed by atoms with Gasteiger partial charge in [-0.05, 0) is 55.8 Å². The molecule has 2 heterocycles. The van der Waals surface area contributed by atoms with Gasteiger partial charge >= 0.3 is 11.9 Å². The molecule has 0 radical (unpaired) electrons. The number of carboxylic acid groups (broad SMARTS) is 2. The number of aromatic nitrogens is 1. The summed E-state index contributed by atoms with van der Waals surface area (Å²) < 4.78 is 5.34. The number of ether oxygens (including phenoxy) is 1. The number of pyridine rings is 1. The van der Waals surface area contributed by atoms with Gasteiger partial charge in [-0.2, -0.15) is 0 Å². The minimum Gasteiger partial charge on any atom is -0.497 e. The summed E-state index contributed by atoms with van der Waals surface area (Å²) in [6.45, 7) is 4.97. The number of hydrogen-bond acceptors (Lipinski definition) is 8. The van der Waals surface area contributed by atoms with Crippen molar-refractivity contribution in [3.63, 3.8) is 0 Å². The van der Waals surface area contributed by atoms with Crippen LogP contribution in [0.4, 0.5) is 0 Å². The van der Waals surface area contributed by atoms with Crippen molar-refractivity contribution >= 4 is 28.7 Å². The quantitative estimate of drug-likeness (QED) is 0.201. The molecule has 3 atom stereocenters. The average molecular weight is 533 g/mol. The number of rotatable bonds is 12. The number of unbranched alkanes of at least 4 members (excludes halogenated alkanes) is 4. The van der Waals surface area contributed by atoms with Crippen LogP contribution in [-0.2, 0) is 14.4 Å². The van der Waals surface area contributed by atoms with Crippen molar-refractivity contribution in [1.29, 1.82) is 0 Å². The van der Waals surface area contributed by atoms with Crippen LogP contribution in [0.5, 0.6) is 5.75 Å². The molecule has 11 heteroatoms. The second-order valence-electron chi connectivity index (χ2n) is 9.44. The number of primary amides is 1. The Balaban J connectivity index is 0.000000757. The number of aliphatic hydroxyl groups excluding tert-OH is 1. The predicted octanol–water partition coefficient (Wildman–Crippen LogP) is 2.17. The molecular weight excluding hydrogens is 492 g/mol. The van der Waals surface area contributed by atoms with Crippen LogP contribution in [0.2, 0.25) is 0 Å². The number of likely N-dealkylation sites (tertiary alicyclic amines) is 1. The average Bonchev–Trinajstić information content (AvgIpc) is 2.90. The number of carboxylic acids is 2. The lowest BCUT2D eigenvalue weighted by Crippen LogP contribution is -2.54. The van der Waals surface area contributed by atoms with Crippen LogP contribution >= 0.6 is 0 Å². The lowest BCUT2D eigenvalue weighted by molar-refractivity contribution is -0.159. The standard InChI is InChI=1S/C25H38N4O3.C2H2O4/c1-3-4-5-6-7-12-27-23-11-14-29(16-21(23)25(26)31)17-24(30)19-10-13-28-22-9-8-18(32-2)15-20(19)22;3-1(4)2(5)6/h8-10,13,15,21,23-24,27,30H,3-7,11-12,14,16-17H2,1-2H3,(H2,26,31);(H,3,4)(H,5,6)/t21-,23+,24+;/m1./s1. The summed E-state index contributed by atoms with van der Waals surface area (Å²) in [4.78, 5) is 36.9. The monoisotopic (exact) mass is 532 g/mol. The van der Waals surface area contributed by atoms with Crippen molar-refractivity contribution in [3.05, 3.63) is 36.0 Å². The Hall–Kier alpha value is -3.28. The number of aliphatic carboxylic acids is 2. The minimum atomic E-state index is -1.82. The molecule has 11 nitrogen and oxygen atoms in total. The van der Waals surface area contributed by atoms with Gasteiger partial charge in [0.25, 0.3) is 0 Å². The van der Waals surface area contributed by atoms with E-state index in [0.717, 1.165) is 48.1 Å². The molecule has 38 heavy (non-hydrogen) atoms. The predicted molar refractivity (Wildman–Crippen MR) is 143 cm³/mol. The van der Waals surface area contributed by atoms with E-state index in [-0.39, 0.29) is 17.9 Å². The van der Waals surface area contributed by atoms with Crippen molar-refractivity contribution in [2.75, 3.05) is 33.3 Å². The first-order chi connectivity index (χ1) is 18.2. The van der Waals surface area contributed by atoms with Gasteiger partial charge in [0, 0.05) is 30.7 Å². The number of carbonyl (C=O) groups excluding carboxylic acids is 1. The molecule has 0 bridgehead atoms. The number of carbonyl (C=O) groups is 3. The number of nitrogens with zero attached hydrogens (tertiary/aromatic N) is 2. The van der Waals surface area contributed by atoms with Crippen LogP contribution < -0.4 is 15.8 Å². The third-order valence-electron chi connectivity index (χ3n) is 6.70. The Bertz CT molecular complexity index is 1050. The maximum absolute atomic E-state index is 12.2. The number of benzene rings is 1. The molecule has 1 amide bonds. The summed E-state index contributed by atoms with van der Waals surface area (Å²) in [5.41, 5.74) is 7.38. The number of amides is 1. The topological polar surface area (TPSA) is 175 Å². The Morgan fingerprint density at radius 3 is 2.50 bits per heavy atom. The first-order valence-corrected chi connectivity index (χ1v) is 13.0. The molecular formula is C27H40N4O7. The third-order valence-corrected chi connectivity index (χ3v) is 6.70. The summed E-state index contributed by atoms with van der Waals surface area (Å²) >= 11 is 0. The molecule has 1 aliphatic heterocycles. The molecule has 6 N–H and O–H groups in total. The van der Waals surface area contributed by atoms with Gasteiger partial charge in [0.1, 0.15) is 5.75 Å². The van der Waals surface area contributed by atoms with Crippen molar-refractivity contribution in [3.8, 4) is 5.75 Å². The molecule has 3 rings (SSSR count). The number of aliphatic hydroxyl groups is 1. The SMILES string of the molecule is CCCCCCCN[C@H]1CCN(C[C@H](O)c2ccnc3ccc(OC)cc23)C[C@H]1C(N)=O.O=C(O)C(=O)O. The zero-order valence-electron chi connectivity index (χ0n) is 22.1. The van der Waals surface area contributed by atoms with Crippen molar-refractivity contribution in [2.45, 2.75) is 57.6 Å². The lowest BCUT2D eigenvalue weighted by atomic mass is 9.90. The number of piperidine rings is 1. The van der Waals surface area contributed by atoms with Gasteiger partial charge < -0.3 is 31.1 Å². The lowest BCUT2D eigenvalue weighted by Gasteiger charge is -2.38. The van der Waals surface area contributed by atoms with E-state index in [2.05, 4.69) is 22.1 Å². The highest BCUT2D eigenvalue weighted by molar-refractivity contribution is 6.27. The van der Waals surface area contributed by atoms with Gasteiger partial charge in [0.05, 0.1) is 24.6 Å². The highest BCUT2D eigenvalue weighted by Gasteiger charge is 2.33. The zero-order chi connectivity index (χ0) is 28.1. The van der Waals surface area contributed by atoms with Gasteiger partial charge in [-0.1, -0.05) is 32.6 Å². The second-order valence-corrected chi connectivity index (χ2v) is 9.44. The van der Waals surface area contributed by atoms with E-state index in [4.69, 9.17) is 30.3 Å². The smallest absolute Gasteiger partial charge is 0.414 e. The van der Waals surface area contributed by atoms with E-state index in [1.807, 2.05) is 24.3 Å². The van der Waals surface area contributed by atoms with E-state index in [1.165, 1.54) is 25.7 Å². The number of fused-ring (bicyclic) bond motifs is 1. The maximum atomic E-state index is 12.2. The van der Waals surface area contributed by atoms with Crippen LogP contribution in [0, 0.1) is 5.92 Å². The van der Waals surface area contributed by atoms with E-state index in [9.17, 15) is 9.90 Å². The van der Waals surface area contributed by atoms with Crippen LogP contribution in [-0.4, -0.2) is 82.4 Å². The van der Waals surface area contributed by atoms with Crippen LogP contribution in [0.25, 0.3) is 10.9 Å². The number of nitrogens with two attached hydrogens (primary N) is 1. The number of nitrogens with one attached hydrogen (secondary N) is 1. The Labute approximate surface area is 223 Å². The van der Waals surface area contributed by atoms with Gasteiger partial charge in [0.2, 0.25) is 5.91 Å². The van der Waals surface area contributed by atoms with Crippen molar-refractivity contribution in [1.82, 2.24) is 15.2 Å². The second kappa shape index (κ2) is 15.9. The normalized spacial score (nSPS) is 18.3. The van der Waals surface area contributed by atoms with Gasteiger partial charge in [-0.25, -0.2) is 9.59 Å². The summed E-state index contributed by atoms with van der Waals surface area (Å²) in [6, 6.07) is 7.63. The Morgan fingerprint density at radius 2 is 1.87 bits per heavy atom. The zero-order valence-corrected chi connectivity index (χ0v) is 22.1. The third kappa shape index (κ3) is 9.55. The fourth-order valence-corrected chi connectivity index (χ4v) is 4.64. The molecule has 210 valence electrons. The van der Waals surface area contributed by atoms with E-state index < -0.39 is 18.0 Å². The highest BCUT2D eigenvalue weighted by atomic mass is 16.5. The van der Waals surface area contributed by atoms with Crippen molar-refractivity contribution in [2.24, 2.45) is 11.7 Å². The van der Waals surface area contributed by atoms with Gasteiger partial charge in [-0.15, -0.1) is 0 Å². The molecule has 1 fully saturated rings. The van der Waals surface area contributed by atoms with E-state index in [0.29, 0.717) is 13.1 Å². The number of hydrogen-bond donors (Lipinski definition) is 5. The van der Waals surface area contributed by atoms with Crippen LogP contribution in [0.3, 0.4) is 0 Å². The van der Waals surface area contributed by atoms with E-state index >= 15 is 0 Å². The summed E-state index contributed by atoms with van der Waals surface area (Å²) in [5.74, 6) is -3.44. The van der Waals surface area contributed by atoms with Crippen molar-refractivity contribution < 1.29 is 34.4 Å². The highest BCUT2D eigenvalue weighted by Crippen LogP contribution is 2.28. The molecule has 1 saturated heterocycles. The fourth-order valence-electron chi connectivity index (χ4n) is 4.64.